The second-order valence-electron chi connectivity index (χ2n) is 2.45. The third-order valence-electron chi connectivity index (χ3n) is 1.76. The van der Waals surface area contributed by atoms with E-state index in [1.54, 1.807) is 0 Å². The molecule has 0 aromatic carbocycles. The summed E-state index contributed by atoms with van der Waals surface area (Å²) in [6.45, 7) is 5.42. The lowest BCUT2D eigenvalue weighted by Crippen LogP contribution is -2.39. The molecule has 1 heterocycles. The van der Waals surface area contributed by atoms with E-state index < -0.39 is 0 Å². The Labute approximate surface area is 55.5 Å². The first-order valence-electron chi connectivity index (χ1n) is 3.28. The molecule has 0 amide bonds. The van der Waals surface area contributed by atoms with Crippen LogP contribution < -0.4 is 5.84 Å². The van der Waals surface area contributed by atoms with E-state index >= 15 is 0 Å². The number of aliphatic imine (C=N–C) groups is 1. The number of hydrazine groups is 1. The van der Waals surface area contributed by atoms with Gasteiger partial charge in [-0.3, -0.25) is 10.8 Å². The minimum absolute atomic E-state index is 0.463. The lowest BCUT2D eigenvalue weighted by atomic mass is 10.1. The van der Waals surface area contributed by atoms with Crippen LogP contribution in [-0.4, -0.2) is 30.9 Å². The Morgan fingerprint density at radius 2 is 2.00 bits per heavy atom. The summed E-state index contributed by atoms with van der Waals surface area (Å²) in [5.41, 5.74) is 0. The first kappa shape index (κ1) is 6.71. The molecule has 1 saturated heterocycles. The number of nitrogens with zero attached hydrogens (tertiary/aromatic N) is 2. The summed E-state index contributed by atoms with van der Waals surface area (Å²) in [5, 5.41) is 1.84. The molecule has 0 radical (unpaired) electrons. The Morgan fingerprint density at radius 3 is 2.44 bits per heavy atom. The van der Waals surface area contributed by atoms with Gasteiger partial charge in [0.05, 0.1) is 6.04 Å². The summed E-state index contributed by atoms with van der Waals surface area (Å²) < 4.78 is 0. The van der Waals surface area contributed by atoms with Crippen molar-refractivity contribution in [1.29, 1.82) is 0 Å². The number of nitrogens with two attached hydrogens (primary N) is 1. The molecular formula is C6H13N3. The fourth-order valence-corrected chi connectivity index (χ4v) is 1.07. The maximum Gasteiger partial charge on any atom is 0.0517 e. The van der Waals surface area contributed by atoms with Gasteiger partial charge in [0.15, 0.2) is 0 Å². The smallest absolute Gasteiger partial charge is 0.0517 e. The quantitative estimate of drug-likeness (QED) is 0.398. The van der Waals surface area contributed by atoms with Gasteiger partial charge in [-0.2, -0.15) is 0 Å². The molecule has 0 aliphatic carbocycles. The van der Waals surface area contributed by atoms with Gasteiger partial charge in [0, 0.05) is 13.1 Å². The Hall–Kier alpha value is -0.410. The van der Waals surface area contributed by atoms with Gasteiger partial charge >= 0.3 is 0 Å². The topological polar surface area (TPSA) is 41.6 Å². The van der Waals surface area contributed by atoms with Crippen LogP contribution in [0.4, 0.5) is 0 Å². The molecule has 2 N–H and O–H groups in total. The lowest BCUT2D eigenvalue weighted by molar-refractivity contribution is 0.219. The van der Waals surface area contributed by atoms with Crippen molar-refractivity contribution in [3.05, 3.63) is 0 Å². The third-order valence-corrected chi connectivity index (χ3v) is 1.76. The van der Waals surface area contributed by atoms with E-state index in [1.807, 2.05) is 5.01 Å². The van der Waals surface area contributed by atoms with E-state index in [2.05, 4.69) is 11.7 Å². The van der Waals surface area contributed by atoms with Crippen LogP contribution in [0.1, 0.15) is 12.8 Å². The molecule has 1 aliphatic rings. The fraction of sp³-hybridized carbons (Fsp3) is 0.833. The molecule has 0 unspecified atom stereocenters. The Balaban J connectivity index is 2.26. The normalized spacial score (nSPS) is 24.1. The average Bonchev–Trinajstić information content (AvgIpc) is 1.90. The molecule has 0 spiro atoms. The number of hydrogen-bond donors (Lipinski definition) is 1. The molecule has 0 aromatic heterocycles. The Kier molecular flexibility index (Phi) is 2.19. The minimum atomic E-state index is 0.463. The second-order valence-corrected chi connectivity index (χ2v) is 2.45. The van der Waals surface area contributed by atoms with Gasteiger partial charge in [0.1, 0.15) is 0 Å². The van der Waals surface area contributed by atoms with Gasteiger partial charge in [0.2, 0.25) is 0 Å². The van der Waals surface area contributed by atoms with Crippen LogP contribution in [0.3, 0.4) is 0 Å². The Bertz CT molecular complexity index is 94.5. The summed E-state index contributed by atoms with van der Waals surface area (Å²) in [5.74, 6) is 5.52. The van der Waals surface area contributed by atoms with Crippen molar-refractivity contribution in [2.45, 2.75) is 18.9 Å². The van der Waals surface area contributed by atoms with Crippen molar-refractivity contribution in [2.75, 3.05) is 13.1 Å². The molecule has 3 heteroatoms. The largest absolute Gasteiger partial charge is 0.298 e. The highest BCUT2D eigenvalue weighted by molar-refractivity contribution is 5.24. The summed E-state index contributed by atoms with van der Waals surface area (Å²) in [6.07, 6.45) is 2.14. The van der Waals surface area contributed by atoms with Gasteiger partial charge in [-0.1, -0.05) is 0 Å². The van der Waals surface area contributed by atoms with Crippen LogP contribution in [-0.2, 0) is 0 Å². The molecule has 52 valence electrons. The summed E-state index contributed by atoms with van der Waals surface area (Å²) >= 11 is 0. The van der Waals surface area contributed by atoms with E-state index in [1.165, 1.54) is 0 Å². The van der Waals surface area contributed by atoms with Crippen LogP contribution in [0.2, 0.25) is 0 Å². The van der Waals surface area contributed by atoms with Crippen LogP contribution in [0.5, 0.6) is 0 Å². The molecule has 0 aromatic rings. The van der Waals surface area contributed by atoms with Gasteiger partial charge in [-0.25, -0.2) is 5.01 Å². The van der Waals surface area contributed by atoms with Gasteiger partial charge in [-0.05, 0) is 19.6 Å². The van der Waals surface area contributed by atoms with Crippen molar-refractivity contribution in [3.63, 3.8) is 0 Å². The number of hydrogen-bond acceptors (Lipinski definition) is 3. The third kappa shape index (κ3) is 1.77. The summed E-state index contributed by atoms with van der Waals surface area (Å²) in [6, 6.07) is 0.463. The van der Waals surface area contributed by atoms with E-state index in [4.69, 9.17) is 5.84 Å². The van der Waals surface area contributed by atoms with Gasteiger partial charge < -0.3 is 0 Å². The van der Waals surface area contributed by atoms with Crippen molar-refractivity contribution in [3.8, 4) is 0 Å². The second kappa shape index (κ2) is 2.94. The molecular weight excluding hydrogens is 114 g/mol. The first-order valence-corrected chi connectivity index (χ1v) is 3.28. The standard InChI is InChI=1S/C6H13N3/c1-8-6-2-4-9(7)5-3-6/h6H,1-5,7H2. The fourth-order valence-electron chi connectivity index (χ4n) is 1.07. The van der Waals surface area contributed by atoms with Gasteiger partial charge in [0.25, 0.3) is 0 Å². The predicted octanol–water partition coefficient (Wildman–Crippen LogP) is 0.0251. The molecule has 1 fully saturated rings. The van der Waals surface area contributed by atoms with Crippen LogP contribution in [0.25, 0.3) is 0 Å². The highest BCUT2D eigenvalue weighted by Crippen LogP contribution is 2.09. The summed E-state index contributed by atoms with van der Waals surface area (Å²) in [7, 11) is 0. The SMILES string of the molecule is C=NC1CCN(N)CC1. The van der Waals surface area contributed by atoms with Crippen LogP contribution >= 0.6 is 0 Å². The predicted molar refractivity (Wildman–Crippen MR) is 38.3 cm³/mol. The molecule has 0 saturated carbocycles. The average molecular weight is 127 g/mol. The zero-order chi connectivity index (χ0) is 6.69. The van der Waals surface area contributed by atoms with E-state index in [9.17, 15) is 0 Å². The lowest BCUT2D eigenvalue weighted by Gasteiger charge is -2.25. The van der Waals surface area contributed by atoms with E-state index in [-0.39, 0.29) is 0 Å². The monoisotopic (exact) mass is 127 g/mol. The van der Waals surface area contributed by atoms with Crippen molar-refractivity contribution in [1.82, 2.24) is 5.01 Å². The van der Waals surface area contributed by atoms with Gasteiger partial charge in [-0.15, -0.1) is 0 Å². The molecule has 0 bridgehead atoms. The zero-order valence-corrected chi connectivity index (χ0v) is 5.58. The number of piperidine rings is 1. The minimum Gasteiger partial charge on any atom is -0.298 e. The molecule has 3 nitrogen and oxygen atoms in total. The highest BCUT2D eigenvalue weighted by atomic mass is 15.4. The number of rotatable bonds is 1. The molecule has 9 heavy (non-hydrogen) atoms. The molecule has 0 atom stereocenters. The highest BCUT2D eigenvalue weighted by Gasteiger charge is 2.13. The maximum absolute atomic E-state index is 5.52. The van der Waals surface area contributed by atoms with Crippen molar-refractivity contribution in [2.24, 2.45) is 10.8 Å². The van der Waals surface area contributed by atoms with Crippen LogP contribution in [0.15, 0.2) is 4.99 Å². The maximum atomic E-state index is 5.52. The van der Waals surface area contributed by atoms with E-state index in [0.29, 0.717) is 6.04 Å². The van der Waals surface area contributed by atoms with Crippen molar-refractivity contribution < 1.29 is 0 Å². The van der Waals surface area contributed by atoms with Crippen LogP contribution in [0, 0.1) is 0 Å². The molecule has 1 aliphatic heterocycles. The zero-order valence-electron chi connectivity index (χ0n) is 5.58. The molecule has 1 rings (SSSR count). The van der Waals surface area contributed by atoms with E-state index in [0.717, 1.165) is 25.9 Å². The Morgan fingerprint density at radius 1 is 1.44 bits per heavy atom. The van der Waals surface area contributed by atoms with Crippen molar-refractivity contribution >= 4 is 6.72 Å². The first-order chi connectivity index (χ1) is 4.33. The summed E-state index contributed by atoms with van der Waals surface area (Å²) in [4.78, 5) is 3.95.